The van der Waals surface area contributed by atoms with E-state index in [2.05, 4.69) is 0 Å². The Bertz CT molecular complexity index is 172. The maximum atomic E-state index is 10.9. The minimum atomic E-state index is -1.69. The van der Waals surface area contributed by atoms with Gasteiger partial charge in [0.1, 0.15) is 5.78 Å². The molecule has 1 rings (SSSR count). The van der Waals surface area contributed by atoms with Crippen molar-refractivity contribution in [2.45, 2.75) is 37.9 Å². The van der Waals surface area contributed by atoms with E-state index >= 15 is 0 Å². The molecule has 0 spiro atoms. The van der Waals surface area contributed by atoms with Crippen LogP contribution in [0.1, 0.15) is 32.6 Å². The van der Waals surface area contributed by atoms with Crippen LogP contribution in [0.5, 0.6) is 0 Å². The van der Waals surface area contributed by atoms with Gasteiger partial charge in [-0.05, 0) is 32.6 Å². The summed E-state index contributed by atoms with van der Waals surface area (Å²) < 4.78 is 19.4. The summed E-state index contributed by atoms with van der Waals surface area (Å²) in [6, 6.07) is 0. The van der Waals surface area contributed by atoms with Crippen molar-refractivity contribution < 1.29 is 13.6 Å². The lowest BCUT2D eigenvalue weighted by atomic mass is 9.86. The first-order chi connectivity index (χ1) is 5.61. The smallest absolute Gasteiger partial charge is 0.155 e. The van der Waals surface area contributed by atoms with E-state index in [-0.39, 0.29) is 17.0 Å². The van der Waals surface area contributed by atoms with E-state index in [1.807, 2.05) is 0 Å². The molecule has 1 N–H and O–H groups in total. The number of hydrogen-bond acceptors (Lipinski definition) is 2. The van der Waals surface area contributed by atoms with Crippen LogP contribution in [-0.2, 0) is 15.9 Å². The zero-order valence-corrected chi connectivity index (χ0v) is 7.97. The average molecular weight is 190 g/mol. The van der Waals surface area contributed by atoms with Crippen LogP contribution in [0.2, 0.25) is 0 Å². The highest BCUT2D eigenvalue weighted by Crippen LogP contribution is 2.27. The third kappa shape index (κ3) is 2.38. The molecule has 1 aliphatic carbocycles. The van der Waals surface area contributed by atoms with Gasteiger partial charge in [0.05, 0.1) is 5.25 Å². The molecule has 0 aromatic carbocycles. The molecule has 0 heterocycles. The van der Waals surface area contributed by atoms with Crippen LogP contribution < -0.4 is 0 Å². The summed E-state index contributed by atoms with van der Waals surface area (Å²) in [7, 11) is 0. The van der Waals surface area contributed by atoms with Crippen LogP contribution in [0.25, 0.3) is 0 Å². The van der Waals surface area contributed by atoms with E-state index in [9.17, 15) is 9.00 Å². The van der Waals surface area contributed by atoms with Crippen LogP contribution in [0.3, 0.4) is 0 Å². The molecule has 1 saturated carbocycles. The lowest BCUT2D eigenvalue weighted by Crippen LogP contribution is -2.25. The molecule has 12 heavy (non-hydrogen) atoms. The molecular formula is C8H14O3S. The maximum Gasteiger partial charge on any atom is 0.155 e. The molecule has 0 bridgehead atoms. The van der Waals surface area contributed by atoms with Crippen molar-refractivity contribution >= 4 is 16.9 Å². The molecule has 0 aromatic heterocycles. The summed E-state index contributed by atoms with van der Waals surface area (Å²) in [5.41, 5.74) is 0. The molecule has 0 amide bonds. The molecule has 0 aromatic rings. The molecule has 1 unspecified atom stereocenters. The van der Waals surface area contributed by atoms with Crippen molar-refractivity contribution in [1.82, 2.24) is 0 Å². The first kappa shape index (κ1) is 9.86. The fourth-order valence-corrected chi connectivity index (χ4v) is 2.35. The Labute approximate surface area is 74.8 Å². The first-order valence-corrected chi connectivity index (χ1v) is 5.38. The summed E-state index contributed by atoms with van der Waals surface area (Å²) in [6.07, 6.45) is 3.00. The summed E-state index contributed by atoms with van der Waals surface area (Å²) in [5.74, 6) is 0.363. The summed E-state index contributed by atoms with van der Waals surface area (Å²) in [5, 5.41) is -0.0967. The fourth-order valence-electron chi connectivity index (χ4n) is 1.67. The molecule has 0 saturated heterocycles. The molecule has 70 valence electrons. The van der Waals surface area contributed by atoms with Gasteiger partial charge in [-0.1, -0.05) is 0 Å². The fraction of sp³-hybridized carbons (Fsp3) is 0.875. The van der Waals surface area contributed by atoms with E-state index in [1.54, 1.807) is 6.92 Å². The molecule has 0 radical (unpaired) electrons. The van der Waals surface area contributed by atoms with Gasteiger partial charge in [-0.2, -0.15) is 0 Å². The first-order valence-electron chi connectivity index (χ1n) is 4.21. The lowest BCUT2D eigenvalue weighted by Gasteiger charge is -2.24. The van der Waals surface area contributed by atoms with Gasteiger partial charge < -0.3 is 4.55 Å². The zero-order valence-electron chi connectivity index (χ0n) is 7.16. The highest BCUT2D eigenvalue weighted by Gasteiger charge is 2.26. The standard InChI is InChI=1S/C8H14O3S/c1-6(9)7-2-4-8(5-3-7)12(10)11/h7-8H,2-5H2,1H3,(H,10,11). The van der Waals surface area contributed by atoms with Crippen molar-refractivity contribution in [2.24, 2.45) is 5.92 Å². The Morgan fingerprint density at radius 3 is 2.17 bits per heavy atom. The number of ketones is 1. The number of rotatable bonds is 2. The Morgan fingerprint density at radius 2 is 1.83 bits per heavy atom. The van der Waals surface area contributed by atoms with Crippen LogP contribution in [0.15, 0.2) is 0 Å². The van der Waals surface area contributed by atoms with Gasteiger partial charge >= 0.3 is 0 Å². The second-order valence-corrected chi connectivity index (χ2v) is 4.58. The minimum absolute atomic E-state index is 0.0967. The predicted molar refractivity (Wildman–Crippen MR) is 47.2 cm³/mol. The van der Waals surface area contributed by atoms with E-state index in [4.69, 9.17) is 4.55 Å². The molecule has 0 aliphatic heterocycles. The van der Waals surface area contributed by atoms with Crippen LogP contribution >= 0.6 is 0 Å². The molecular weight excluding hydrogens is 176 g/mol. The van der Waals surface area contributed by atoms with E-state index in [0.29, 0.717) is 12.8 Å². The number of carbonyl (C=O) groups excluding carboxylic acids is 1. The molecule has 3 nitrogen and oxygen atoms in total. The second kappa shape index (κ2) is 4.14. The Kier molecular flexibility index (Phi) is 3.40. The van der Waals surface area contributed by atoms with Gasteiger partial charge in [0.15, 0.2) is 11.1 Å². The zero-order chi connectivity index (χ0) is 9.14. The third-order valence-corrected chi connectivity index (χ3v) is 3.58. The van der Waals surface area contributed by atoms with E-state index in [1.165, 1.54) is 0 Å². The number of carbonyl (C=O) groups is 1. The van der Waals surface area contributed by atoms with Gasteiger partial charge in [-0.3, -0.25) is 4.79 Å². The van der Waals surface area contributed by atoms with Crippen molar-refractivity contribution in [3.63, 3.8) is 0 Å². The normalized spacial score (nSPS) is 32.8. The van der Waals surface area contributed by atoms with Crippen LogP contribution in [0, 0.1) is 5.92 Å². The van der Waals surface area contributed by atoms with Crippen molar-refractivity contribution in [1.29, 1.82) is 0 Å². The average Bonchev–Trinajstić information content (AvgIpc) is 2.04. The van der Waals surface area contributed by atoms with Crippen molar-refractivity contribution in [3.8, 4) is 0 Å². The molecule has 1 aliphatic rings. The van der Waals surface area contributed by atoms with Crippen molar-refractivity contribution in [3.05, 3.63) is 0 Å². The Hall–Kier alpha value is -0.220. The number of Topliss-reactive ketones (excluding diaryl/α,β-unsaturated/α-hetero) is 1. The molecule has 1 fully saturated rings. The van der Waals surface area contributed by atoms with Crippen molar-refractivity contribution in [2.75, 3.05) is 0 Å². The third-order valence-electron chi connectivity index (χ3n) is 2.53. The summed E-state index contributed by atoms with van der Waals surface area (Å²) in [6.45, 7) is 1.60. The Morgan fingerprint density at radius 1 is 1.33 bits per heavy atom. The Balaban J connectivity index is 2.39. The maximum absolute atomic E-state index is 10.9. The monoisotopic (exact) mass is 190 g/mol. The predicted octanol–water partition coefficient (Wildman–Crippen LogP) is 1.36. The molecule has 1 atom stereocenters. The summed E-state index contributed by atoms with van der Waals surface area (Å²) >= 11 is -1.69. The summed E-state index contributed by atoms with van der Waals surface area (Å²) in [4.78, 5) is 10.9. The van der Waals surface area contributed by atoms with Gasteiger partial charge in [-0.15, -0.1) is 0 Å². The van der Waals surface area contributed by atoms with Crippen LogP contribution in [0.4, 0.5) is 0 Å². The van der Waals surface area contributed by atoms with E-state index in [0.717, 1.165) is 12.8 Å². The minimum Gasteiger partial charge on any atom is -0.306 e. The highest BCUT2D eigenvalue weighted by molar-refractivity contribution is 7.79. The quantitative estimate of drug-likeness (QED) is 0.669. The lowest BCUT2D eigenvalue weighted by molar-refractivity contribution is -0.121. The van der Waals surface area contributed by atoms with Gasteiger partial charge in [-0.25, -0.2) is 4.21 Å². The van der Waals surface area contributed by atoms with Gasteiger partial charge in [0.2, 0.25) is 0 Å². The SMILES string of the molecule is CC(=O)C1CCC(S(=O)O)CC1. The van der Waals surface area contributed by atoms with E-state index < -0.39 is 11.1 Å². The second-order valence-electron chi connectivity index (χ2n) is 3.36. The van der Waals surface area contributed by atoms with Crippen LogP contribution in [-0.4, -0.2) is 19.8 Å². The highest BCUT2D eigenvalue weighted by atomic mass is 32.2. The molecule has 4 heteroatoms. The number of hydrogen-bond donors (Lipinski definition) is 1. The largest absolute Gasteiger partial charge is 0.306 e. The topological polar surface area (TPSA) is 54.4 Å². The van der Waals surface area contributed by atoms with Gasteiger partial charge in [0, 0.05) is 5.92 Å². The van der Waals surface area contributed by atoms with Gasteiger partial charge in [0.25, 0.3) is 0 Å².